The van der Waals surface area contributed by atoms with Crippen LogP contribution in [0.5, 0.6) is 5.75 Å². The molecule has 2 rings (SSSR count). The van der Waals surface area contributed by atoms with E-state index in [0.717, 1.165) is 24.2 Å². The SMILES string of the molecule is COc1ccc(C(C#N)C(=O)C(C)C2CC2)cc1. The molecule has 1 fully saturated rings. The van der Waals surface area contributed by atoms with Gasteiger partial charge in [-0.2, -0.15) is 5.26 Å². The number of hydrogen-bond donors (Lipinski definition) is 0. The van der Waals surface area contributed by atoms with E-state index in [-0.39, 0.29) is 11.7 Å². The van der Waals surface area contributed by atoms with Crippen LogP contribution in [0.4, 0.5) is 0 Å². The highest BCUT2D eigenvalue weighted by atomic mass is 16.5. The van der Waals surface area contributed by atoms with E-state index in [4.69, 9.17) is 4.74 Å². The highest BCUT2D eigenvalue weighted by Crippen LogP contribution is 2.39. The lowest BCUT2D eigenvalue weighted by molar-refractivity contribution is -0.123. The van der Waals surface area contributed by atoms with Crippen molar-refractivity contribution < 1.29 is 9.53 Å². The molecule has 3 heteroatoms. The third-order valence-corrected chi connectivity index (χ3v) is 3.64. The Morgan fingerprint density at radius 1 is 1.39 bits per heavy atom. The number of methoxy groups -OCH3 is 1. The lowest BCUT2D eigenvalue weighted by atomic mass is 9.87. The van der Waals surface area contributed by atoms with E-state index in [2.05, 4.69) is 6.07 Å². The first-order valence-corrected chi connectivity index (χ1v) is 6.24. The summed E-state index contributed by atoms with van der Waals surface area (Å²) in [7, 11) is 1.59. The van der Waals surface area contributed by atoms with Crippen LogP contribution in [0.25, 0.3) is 0 Å². The number of carbonyl (C=O) groups excluding carboxylic acids is 1. The number of nitriles is 1. The van der Waals surface area contributed by atoms with Crippen molar-refractivity contribution in [2.24, 2.45) is 11.8 Å². The predicted octanol–water partition coefficient (Wildman–Crippen LogP) is 2.92. The third-order valence-electron chi connectivity index (χ3n) is 3.64. The minimum absolute atomic E-state index is 0.00301. The van der Waals surface area contributed by atoms with E-state index in [1.807, 2.05) is 6.92 Å². The topological polar surface area (TPSA) is 50.1 Å². The van der Waals surface area contributed by atoms with Gasteiger partial charge in [0.25, 0.3) is 0 Å². The molecule has 0 heterocycles. The molecule has 1 aromatic carbocycles. The summed E-state index contributed by atoms with van der Waals surface area (Å²) < 4.78 is 5.07. The second-order valence-corrected chi connectivity index (χ2v) is 4.86. The molecule has 0 bridgehead atoms. The van der Waals surface area contributed by atoms with E-state index in [0.29, 0.717) is 5.92 Å². The molecular formula is C15H17NO2. The van der Waals surface area contributed by atoms with Gasteiger partial charge < -0.3 is 4.74 Å². The molecule has 2 atom stereocenters. The number of ether oxygens (including phenoxy) is 1. The van der Waals surface area contributed by atoms with Gasteiger partial charge >= 0.3 is 0 Å². The van der Waals surface area contributed by atoms with Crippen LogP contribution in [-0.2, 0) is 4.79 Å². The van der Waals surface area contributed by atoms with Crippen LogP contribution in [0.15, 0.2) is 24.3 Å². The number of ketones is 1. The number of nitrogens with zero attached hydrogens (tertiary/aromatic N) is 1. The summed E-state index contributed by atoms with van der Waals surface area (Å²) in [6, 6.07) is 9.29. The van der Waals surface area contributed by atoms with Crippen molar-refractivity contribution in [2.45, 2.75) is 25.7 Å². The molecule has 18 heavy (non-hydrogen) atoms. The van der Waals surface area contributed by atoms with Crippen LogP contribution >= 0.6 is 0 Å². The lowest BCUT2D eigenvalue weighted by Gasteiger charge is -2.14. The molecule has 2 unspecified atom stereocenters. The van der Waals surface area contributed by atoms with Gasteiger partial charge in [0, 0.05) is 5.92 Å². The second kappa shape index (κ2) is 5.22. The van der Waals surface area contributed by atoms with Crippen LogP contribution in [0.1, 0.15) is 31.2 Å². The van der Waals surface area contributed by atoms with Crippen molar-refractivity contribution in [1.82, 2.24) is 0 Å². The van der Waals surface area contributed by atoms with E-state index in [1.165, 1.54) is 0 Å². The van der Waals surface area contributed by atoms with Gasteiger partial charge in [0.1, 0.15) is 11.7 Å². The fraction of sp³-hybridized carbons (Fsp3) is 0.467. The Labute approximate surface area is 107 Å². The normalized spacial score (nSPS) is 17.6. The molecule has 1 aromatic rings. The lowest BCUT2D eigenvalue weighted by Crippen LogP contribution is -2.20. The molecule has 0 spiro atoms. The molecule has 0 saturated heterocycles. The minimum Gasteiger partial charge on any atom is -0.497 e. The van der Waals surface area contributed by atoms with Gasteiger partial charge in [0.15, 0.2) is 5.78 Å². The average Bonchev–Trinajstić information content (AvgIpc) is 3.23. The average molecular weight is 243 g/mol. The summed E-state index contributed by atoms with van der Waals surface area (Å²) in [6.07, 6.45) is 2.24. The van der Waals surface area contributed by atoms with Gasteiger partial charge in [-0.3, -0.25) is 4.79 Å². The maximum atomic E-state index is 12.3. The molecule has 1 aliphatic carbocycles. The maximum absolute atomic E-state index is 12.3. The van der Waals surface area contributed by atoms with Gasteiger partial charge in [-0.05, 0) is 36.5 Å². The van der Waals surface area contributed by atoms with Gasteiger partial charge in [0.2, 0.25) is 0 Å². The van der Waals surface area contributed by atoms with Crippen LogP contribution in [0.2, 0.25) is 0 Å². The summed E-state index contributed by atoms with van der Waals surface area (Å²) >= 11 is 0. The van der Waals surface area contributed by atoms with E-state index >= 15 is 0 Å². The van der Waals surface area contributed by atoms with Crippen molar-refractivity contribution in [3.05, 3.63) is 29.8 Å². The molecule has 1 aliphatic rings. The van der Waals surface area contributed by atoms with E-state index < -0.39 is 5.92 Å². The summed E-state index contributed by atoms with van der Waals surface area (Å²) in [5.41, 5.74) is 0.760. The summed E-state index contributed by atoms with van der Waals surface area (Å²) in [6.45, 7) is 1.94. The van der Waals surface area contributed by atoms with Crippen molar-refractivity contribution in [3.63, 3.8) is 0 Å². The quantitative estimate of drug-likeness (QED) is 0.799. The van der Waals surface area contributed by atoms with Crippen LogP contribution in [0, 0.1) is 23.2 Å². The summed E-state index contributed by atoms with van der Waals surface area (Å²) in [5, 5.41) is 9.23. The first-order valence-electron chi connectivity index (χ1n) is 6.24. The van der Waals surface area contributed by atoms with Crippen molar-refractivity contribution in [3.8, 4) is 11.8 Å². The Hall–Kier alpha value is -1.82. The zero-order valence-corrected chi connectivity index (χ0v) is 10.7. The molecule has 0 aromatic heterocycles. The molecule has 0 N–H and O–H groups in total. The number of hydrogen-bond acceptors (Lipinski definition) is 3. The molecule has 0 aliphatic heterocycles. The number of rotatable bonds is 5. The third kappa shape index (κ3) is 2.53. The van der Waals surface area contributed by atoms with Crippen LogP contribution in [-0.4, -0.2) is 12.9 Å². The van der Waals surface area contributed by atoms with E-state index in [9.17, 15) is 10.1 Å². The Bertz CT molecular complexity index is 468. The highest BCUT2D eigenvalue weighted by molar-refractivity contribution is 5.90. The first kappa shape index (κ1) is 12.6. The molecule has 0 radical (unpaired) electrons. The monoisotopic (exact) mass is 243 g/mol. The van der Waals surface area contributed by atoms with Crippen molar-refractivity contribution >= 4 is 5.78 Å². The minimum atomic E-state index is -0.647. The fourth-order valence-corrected chi connectivity index (χ4v) is 2.19. The van der Waals surface area contributed by atoms with Crippen molar-refractivity contribution in [1.29, 1.82) is 5.26 Å². The Kier molecular flexibility index (Phi) is 3.66. The number of Topliss-reactive ketones (excluding diaryl/α,β-unsaturated/α-hetero) is 1. The van der Waals surface area contributed by atoms with Gasteiger partial charge in [0.05, 0.1) is 13.2 Å². The van der Waals surface area contributed by atoms with E-state index in [1.54, 1.807) is 31.4 Å². The predicted molar refractivity (Wildman–Crippen MR) is 68.2 cm³/mol. The number of benzene rings is 1. The highest BCUT2D eigenvalue weighted by Gasteiger charge is 2.36. The first-order chi connectivity index (χ1) is 8.67. The second-order valence-electron chi connectivity index (χ2n) is 4.86. The largest absolute Gasteiger partial charge is 0.497 e. The fourth-order valence-electron chi connectivity index (χ4n) is 2.19. The molecule has 1 saturated carbocycles. The summed E-state index contributed by atoms with van der Waals surface area (Å²) in [5.74, 6) is 0.623. The molecule has 3 nitrogen and oxygen atoms in total. The van der Waals surface area contributed by atoms with Gasteiger partial charge in [-0.25, -0.2) is 0 Å². The molecular weight excluding hydrogens is 226 g/mol. The zero-order chi connectivity index (χ0) is 13.1. The van der Waals surface area contributed by atoms with Gasteiger partial charge in [-0.15, -0.1) is 0 Å². The molecule has 0 amide bonds. The van der Waals surface area contributed by atoms with Gasteiger partial charge in [-0.1, -0.05) is 19.1 Å². The number of carbonyl (C=O) groups is 1. The smallest absolute Gasteiger partial charge is 0.157 e. The Morgan fingerprint density at radius 3 is 2.44 bits per heavy atom. The van der Waals surface area contributed by atoms with Crippen molar-refractivity contribution in [2.75, 3.05) is 7.11 Å². The maximum Gasteiger partial charge on any atom is 0.157 e. The van der Waals surface area contributed by atoms with Crippen LogP contribution < -0.4 is 4.74 Å². The zero-order valence-electron chi connectivity index (χ0n) is 10.7. The summed E-state index contributed by atoms with van der Waals surface area (Å²) in [4.78, 5) is 12.3. The van der Waals surface area contributed by atoms with Crippen LogP contribution in [0.3, 0.4) is 0 Å². The Morgan fingerprint density at radius 2 is 2.00 bits per heavy atom. The molecule has 94 valence electrons. The Balaban J connectivity index is 2.16. The standard InChI is InChI=1S/C15H17NO2/c1-10(11-3-4-11)15(17)14(9-16)12-5-7-13(18-2)8-6-12/h5-8,10-11,14H,3-4H2,1-2H3.